The molecule has 0 spiro atoms. The van der Waals surface area contributed by atoms with Gasteiger partial charge in [0.05, 0.1) is 18.8 Å². The van der Waals surface area contributed by atoms with Crippen molar-refractivity contribution in [1.82, 2.24) is 25.9 Å². The van der Waals surface area contributed by atoms with Crippen LogP contribution in [0.25, 0.3) is 0 Å². The number of carboxylic acids is 1. The monoisotopic (exact) mass is 579 g/mol. The van der Waals surface area contributed by atoms with Crippen molar-refractivity contribution < 1.29 is 34.2 Å². The highest BCUT2D eigenvalue weighted by Gasteiger charge is 2.31. The van der Waals surface area contributed by atoms with Crippen molar-refractivity contribution in [3.05, 3.63) is 83.9 Å². The third-order valence-electron chi connectivity index (χ3n) is 6.28. The van der Waals surface area contributed by atoms with Gasteiger partial charge in [-0.1, -0.05) is 42.5 Å². The van der Waals surface area contributed by atoms with Gasteiger partial charge in [-0.3, -0.25) is 19.2 Å². The number of carbonyl (C=O) groups is 5. The molecule has 0 radical (unpaired) electrons. The molecule has 0 bridgehead atoms. The van der Waals surface area contributed by atoms with Gasteiger partial charge < -0.3 is 42.6 Å². The van der Waals surface area contributed by atoms with Gasteiger partial charge in [-0.25, -0.2) is 9.78 Å². The van der Waals surface area contributed by atoms with Crippen molar-refractivity contribution in [2.24, 2.45) is 11.5 Å². The van der Waals surface area contributed by atoms with Gasteiger partial charge in [-0.05, 0) is 23.3 Å². The molecule has 14 nitrogen and oxygen atoms in total. The van der Waals surface area contributed by atoms with Crippen LogP contribution in [0.2, 0.25) is 0 Å². The summed E-state index contributed by atoms with van der Waals surface area (Å²) in [4.78, 5) is 69.5. The Hall–Kier alpha value is -5.24. The number of carboxylic acid groups (broad SMARTS) is 1. The Bertz CT molecular complexity index is 1370. The van der Waals surface area contributed by atoms with Gasteiger partial charge in [0, 0.05) is 31.2 Å². The predicted octanol–water partition coefficient (Wildman–Crippen LogP) is -1.12. The summed E-state index contributed by atoms with van der Waals surface area (Å²) >= 11 is 0. The third-order valence-corrected chi connectivity index (χ3v) is 6.28. The highest BCUT2D eigenvalue weighted by Crippen LogP contribution is 2.13. The summed E-state index contributed by atoms with van der Waals surface area (Å²) in [6.45, 7) is 0. The van der Waals surface area contributed by atoms with E-state index in [1.165, 1.54) is 36.8 Å². The van der Waals surface area contributed by atoms with Crippen LogP contribution in [-0.2, 0) is 43.2 Å². The number of amides is 4. The average molecular weight is 580 g/mol. The standard InChI is InChI=1S/C28H33N7O7/c29-20(12-18-14-31-15-32-18)25(38)33-21(10-16-4-2-1-3-5-16)26(39)34-22(11-17-6-8-19(36)9-7-17)27(40)35-23(28(41)42)13-24(30)37/h1-9,14-15,20-23,36H,10-13,29H2,(H2,30,37)(H,31,32)(H,33,38)(H,34,39)(H,35,40)(H,41,42). The summed E-state index contributed by atoms with van der Waals surface area (Å²) in [5, 5.41) is 26.5. The van der Waals surface area contributed by atoms with Gasteiger partial charge in [0.1, 0.15) is 23.9 Å². The molecule has 1 heterocycles. The van der Waals surface area contributed by atoms with Gasteiger partial charge >= 0.3 is 5.97 Å². The minimum absolute atomic E-state index is 0.0201. The highest BCUT2D eigenvalue weighted by molar-refractivity contribution is 5.95. The van der Waals surface area contributed by atoms with Crippen molar-refractivity contribution in [1.29, 1.82) is 0 Å². The normalized spacial score (nSPS) is 13.6. The Labute approximate surface area is 240 Å². The van der Waals surface area contributed by atoms with Crippen LogP contribution < -0.4 is 27.4 Å². The number of carbonyl (C=O) groups excluding carboxylic acids is 4. The lowest BCUT2D eigenvalue weighted by atomic mass is 10.0. The highest BCUT2D eigenvalue weighted by atomic mass is 16.4. The van der Waals surface area contributed by atoms with E-state index in [4.69, 9.17) is 11.5 Å². The summed E-state index contributed by atoms with van der Waals surface area (Å²) in [5.41, 5.74) is 13.1. The zero-order chi connectivity index (χ0) is 30.6. The van der Waals surface area contributed by atoms with E-state index in [9.17, 15) is 34.2 Å². The molecule has 0 saturated carbocycles. The first-order valence-electron chi connectivity index (χ1n) is 13.0. The molecule has 4 unspecified atom stereocenters. The summed E-state index contributed by atoms with van der Waals surface area (Å²) < 4.78 is 0. The lowest BCUT2D eigenvalue weighted by Gasteiger charge is -2.25. The second-order valence-electron chi connectivity index (χ2n) is 9.64. The topological polar surface area (TPSA) is 243 Å². The predicted molar refractivity (Wildman–Crippen MR) is 149 cm³/mol. The van der Waals surface area contributed by atoms with Crippen LogP contribution in [0.3, 0.4) is 0 Å². The Morgan fingerprint density at radius 2 is 1.33 bits per heavy atom. The number of benzene rings is 2. The lowest BCUT2D eigenvalue weighted by molar-refractivity contribution is -0.143. The molecule has 3 aromatic rings. The fraction of sp³-hybridized carbons (Fsp3) is 0.286. The molecule has 1 aromatic heterocycles. The van der Waals surface area contributed by atoms with E-state index in [-0.39, 0.29) is 25.0 Å². The molecule has 14 heteroatoms. The fourth-order valence-corrected chi connectivity index (χ4v) is 4.09. The Balaban J connectivity index is 1.83. The van der Waals surface area contributed by atoms with Crippen LogP contribution >= 0.6 is 0 Å². The van der Waals surface area contributed by atoms with Crippen molar-refractivity contribution in [3.8, 4) is 5.75 Å². The fourth-order valence-electron chi connectivity index (χ4n) is 4.09. The second kappa shape index (κ2) is 14.9. The SMILES string of the molecule is NC(=O)CC(NC(=O)C(Cc1ccc(O)cc1)NC(=O)C(Cc1ccccc1)NC(=O)C(N)Cc1cnc[nH]1)C(=O)O. The Morgan fingerprint density at radius 1 is 0.786 bits per heavy atom. The lowest BCUT2D eigenvalue weighted by Crippen LogP contribution is -2.58. The summed E-state index contributed by atoms with van der Waals surface area (Å²) in [6.07, 6.45) is 2.39. The molecule has 2 aromatic carbocycles. The van der Waals surface area contributed by atoms with E-state index < -0.39 is 60.2 Å². The number of nitrogens with one attached hydrogen (secondary N) is 4. The Kier molecular flexibility index (Phi) is 11.1. The molecule has 42 heavy (non-hydrogen) atoms. The maximum Gasteiger partial charge on any atom is 0.326 e. The number of rotatable bonds is 15. The van der Waals surface area contributed by atoms with Gasteiger partial charge in [-0.2, -0.15) is 0 Å². The number of phenols is 1. The second-order valence-corrected chi connectivity index (χ2v) is 9.64. The zero-order valence-corrected chi connectivity index (χ0v) is 22.5. The molecule has 3 rings (SSSR count). The van der Waals surface area contributed by atoms with E-state index in [0.29, 0.717) is 16.8 Å². The number of imidazole rings is 1. The number of nitrogens with two attached hydrogens (primary N) is 2. The van der Waals surface area contributed by atoms with Gasteiger partial charge in [0.2, 0.25) is 23.6 Å². The smallest absolute Gasteiger partial charge is 0.326 e. The quantitative estimate of drug-likeness (QED) is 0.109. The van der Waals surface area contributed by atoms with E-state index in [1.807, 2.05) is 0 Å². The number of aromatic hydroxyl groups is 1. The molecule has 0 aliphatic rings. The van der Waals surface area contributed by atoms with Gasteiger partial charge in [0.15, 0.2) is 0 Å². The van der Waals surface area contributed by atoms with Crippen LogP contribution in [0.4, 0.5) is 0 Å². The molecular weight excluding hydrogens is 546 g/mol. The number of H-pyrrole nitrogens is 1. The molecule has 4 amide bonds. The molecule has 0 fully saturated rings. The number of hydrogen-bond acceptors (Lipinski definition) is 8. The average Bonchev–Trinajstić information content (AvgIpc) is 3.46. The maximum absolute atomic E-state index is 13.6. The largest absolute Gasteiger partial charge is 0.508 e. The molecule has 4 atom stereocenters. The van der Waals surface area contributed by atoms with Crippen molar-refractivity contribution in [3.63, 3.8) is 0 Å². The Morgan fingerprint density at radius 3 is 1.86 bits per heavy atom. The van der Waals surface area contributed by atoms with Crippen LogP contribution in [-0.4, -0.2) is 73.9 Å². The van der Waals surface area contributed by atoms with Crippen molar-refractivity contribution in [2.75, 3.05) is 0 Å². The van der Waals surface area contributed by atoms with Gasteiger partial charge in [0.25, 0.3) is 0 Å². The number of nitrogens with zero attached hydrogens (tertiary/aromatic N) is 1. The summed E-state index contributed by atoms with van der Waals surface area (Å²) in [7, 11) is 0. The summed E-state index contributed by atoms with van der Waals surface area (Å²) in [5.74, 6) is -4.70. The van der Waals surface area contributed by atoms with Crippen LogP contribution in [0.1, 0.15) is 23.2 Å². The van der Waals surface area contributed by atoms with Crippen molar-refractivity contribution >= 4 is 29.6 Å². The number of aromatic nitrogens is 2. The minimum atomic E-state index is -1.63. The minimum Gasteiger partial charge on any atom is -0.508 e. The number of aromatic amines is 1. The first kappa shape index (κ1) is 31.3. The molecule has 10 N–H and O–H groups in total. The molecular formula is C28H33N7O7. The van der Waals surface area contributed by atoms with E-state index >= 15 is 0 Å². The van der Waals surface area contributed by atoms with Crippen LogP contribution in [0.15, 0.2) is 67.1 Å². The van der Waals surface area contributed by atoms with E-state index in [0.717, 1.165) is 0 Å². The number of phenolic OH excluding ortho intramolecular Hbond substituents is 1. The number of aliphatic carboxylic acids is 1. The zero-order valence-electron chi connectivity index (χ0n) is 22.5. The molecule has 0 saturated heterocycles. The molecule has 222 valence electrons. The maximum atomic E-state index is 13.6. The first-order chi connectivity index (χ1) is 20.0. The van der Waals surface area contributed by atoms with E-state index in [2.05, 4.69) is 25.9 Å². The third kappa shape index (κ3) is 9.75. The van der Waals surface area contributed by atoms with Crippen LogP contribution in [0.5, 0.6) is 5.75 Å². The summed E-state index contributed by atoms with van der Waals surface area (Å²) in [6, 6.07) is 9.54. The van der Waals surface area contributed by atoms with Gasteiger partial charge in [-0.15, -0.1) is 0 Å². The van der Waals surface area contributed by atoms with Crippen LogP contribution in [0, 0.1) is 0 Å². The number of primary amides is 1. The molecule has 0 aliphatic carbocycles. The first-order valence-corrected chi connectivity index (χ1v) is 13.0. The molecule has 0 aliphatic heterocycles. The number of hydrogen-bond donors (Lipinski definition) is 8. The van der Waals surface area contributed by atoms with E-state index in [1.54, 1.807) is 30.3 Å². The van der Waals surface area contributed by atoms with Crippen molar-refractivity contribution in [2.45, 2.75) is 49.9 Å².